The molecule has 1 aromatic rings. The summed E-state index contributed by atoms with van der Waals surface area (Å²) in [7, 11) is 0. The fourth-order valence-corrected chi connectivity index (χ4v) is 3.42. The van der Waals surface area contributed by atoms with E-state index in [4.69, 9.17) is 21.6 Å². The van der Waals surface area contributed by atoms with Crippen molar-refractivity contribution in [3.8, 4) is 6.07 Å². The van der Waals surface area contributed by atoms with Crippen LogP contribution in [0.4, 0.5) is 18.9 Å². The molecule has 0 bridgehead atoms. The van der Waals surface area contributed by atoms with Crippen LogP contribution in [0, 0.1) is 18.3 Å². The van der Waals surface area contributed by atoms with Gasteiger partial charge < -0.3 is 15.2 Å². The molecule has 2 saturated heterocycles. The lowest BCUT2D eigenvalue weighted by Crippen LogP contribution is -2.45. The summed E-state index contributed by atoms with van der Waals surface area (Å²) < 4.78 is 44.7. The van der Waals surface area contributed by atoms with Crippen LogP contribution in [0.25, 0.3) is 0 Å². The molecule has 3 rings (SSSR count). The number of halogens is 4. The minimum absolute atomic E-state index is 0.242. The Bertz CT molecular complexity index is 692. The highest BCUT2D eigenvalue weighted by Gasteiger charge is 2.59. The van der Waals surface area contributed by atoms with Gasteiger partial charge in [-0.25, -0.2) is 0 Å². The van der Waals surface area contributed by atoms with Gasteiger partial charge in [0, 0.05) is 12.2 Å². The molecule has 2 fully saturated rings. The van der Waals surface area contributed by atoms with Crippen LogP contribution in [-0.2, 0) is 4.74 Å². The summed E-state index contributed by atoms with van der Waals surface area (Å²) in [6, 6.07) is 3.88. The average molecular weight is 362 g/mol. The standard InChI is InChI=1S/C15H15ClF3N3O2/c1-7-9(3-2-8(6-20)11(7)16)21-14-22-5-4-10(23)12(22)13(24-14)15(17,18)19/h2-3,10,12-14,21,23H,4-5H2,1H3/t10-,12-,13+,14?/m0/s1. The van der Waals surface area contributed by atoms with Gasteiger partial charge in [-0.3, -0.25) is 4.90 Å². The summed E-state index contributed by atoms with van der Waals surface area (Å²) in [4.78, 5) is 1.47. The van der Waals surface area contributed by atoms with E-state index in [0.717, 1.165) is 0 Å². The summed E-state index contributed by atoms with van der Waals surface area (Å²) in [5.74, 6) is 0. The number of ether oxygens (including phenoxy) is 1. The molecular formula is C15H15ClF3N3O2. The number of aliphatic hydroxyl groups excluding tert-OH is 1. The molecule has 2 aliphatic rings. The van der Waals surface area contributed by atoms with E-state index in [1.165, 1.54) is 11.0 Å². The largest absolute Gasteiger partial charge is 0.416 e. The lowest BCUT2D eigenvalue weighted by Gasteiger charge is -2.24. The Hall–Kier alpha value is -1.53. The van der Waals surface area contributed by atoms with E-state index < -0.39 is 30.8 Å². The van der Waals surface area contributed by atoms with Crippen molar-refractivity contribution in [3.63, 3.8) is 0 Å². The molecule has 0 radical (unpaired) electrons. The molecule has 2 aliphatic heterocycles. The highest BCUT2D eigenvalue weighted by Crippen LogP contribution is 2.41. The number of benzene rings is 1. The minimum Gasteiger partial charge on any atom is -0.391 e. The zero-order chi connectivity index (χ0) is 17.6. The highest BCUT2D eigenvalue weighted by molar-refractivity contribution is 6.32. The van der Waals surface area contributed by atoms with Gasteiger partial charge in [0.25, 0.3) is 0 Å². The molecule has 0 aromatic heterocycles. The number of alkyl halides is 3. The summed E-state index contributed by atoms with van der Waals surface area (Å²) in [5.41, 5.74) is 1.31. The first-order chi connectivity index (χ1) is 11.2. The van der Waals surface area contributed by atoms with Gasteiger partial charge >= 0.3 is 6.18 Å². The maximum absolute atomic E-state index is 13.2. The van der Waals surface area contributed by atoms with Crippen LogP contribution >= 0.6 is 11.6 Å². The van der Waals surface area contributed by atoms with Crippen LogP contribution in [0.3, 0.4) is 0 Å². The topological polar surface area (TPSA) is 68.5 Å². The number of aliphatic hydroxyl groups is 1. The molecule has 0 spiro atoms. The second kappa shape index (κ2) is 6.08. The third kappa shape index (κ3) is 2.82. The van der Waals surface area contributed by atoms with Crippen LogP contribution in [0.1, 0.15) is 17.5 Å². The van der Waals surface area contributed by atoms with E-state index in [-0.39, 0.29) is 17.0 Å². The van der Waals surface area contributed by atoms with Crippen LogP contribution in [0.2, 0.25) is 5.02 Å². The van der Waals surface area contributed by atoms with Crippen molar-refractivity contribution in [3.05, 3.63) is 28.3 Å². The first kappa shape index (κ1) is 17.3. The number of rotatable bonds is 2. The molecule has 9 heteroatoms. The number of nitrogens with zero attached hydrogens (tertiary/aromatic N) is 2. The first-order valence-corrected chi connectivity index (χ1v) is 7.73. The predicted octanol–water partition coefficient (Wildman–Crippen LogP) is 2.61. The average Bonchev–Trinajstić information content (AvgIpc) is 3.06. The van der Waals surface area contributed by atoms with Crippen LogP contribution in [-0.4, -0.2) is 47.3 Å². The molecule has 0 amide bonds. The molecular weight excluding hydrogens is 347 g/mol. The molecule has 130 valence electrons. The molecule has 4 atom stereocenters. The SMILES string of the molecule is Cc1c(NC2O[C@@H](C(F)(F)F)[C@@H]3[C@@H](O)CCN23)ccc(C#N)c1Cl. The van der Waals surface area contributed by atoms with Gasteiger partial charge in [0.2, 0.25) is 0 Å². The zero-order valence-corrected chi connectivity index (χ0v) is 13.4. The van der Waals surface area contributed by atoms with Crippen molar-refractivity contribution < 1.29 is 23.0 Å². The van der Waals surface area contributed by atoms with Gasteiger partial charge in [-0.15, -0.1) is 0 Å². The van der Waals surface area contributed by atoms with Crippen LogP contribution in [0.15, 0.2) is 12.1 Å². The highest BCUT2D eigenvalue weighted by atomic mass is 35.5. The Balaban J connectivity index is 1.86. The van der Waals surface area contributed by atoms with Crippen molar-refractivity contribution in [2.24, 2.45) is 0 Å². The molecule has 1 aromatic carbocycles. The normalized spacial score (nSPS) is 30.2. The maximum Gasteiger partial charge on any atom is 0.416 e. The number of anilines is 1. The fourth-order valence-electron chi connectivity index (χ4n) is 3.22. The Labute approximate surface area is 141 Å². The molecule has 1 unspecified atom stereocenters. The lowest BCUT2D eigenvalue weighted by atomic mass is 10.1. The Morgan fingerprint density at radius 2 is 2.17 bits per heavy atom. The van der Waals surface area contributed by atoms with E-state index in [1.807, 2.05) is 6.07 Å². The third-order valence-electron chi connectivity index (χ3n) is 4.46. The number of nitriles is 1. The maximum atomic E-state index is 13.2. The van der Waals surface area contributed by atoms with Crippen molar-refractivity contribution >= 4 is 17.3 Å². The van der Waals surface area contributed by atoms with Gasteiger partial charge in [0.1, 0.15) is 6.07 Å². The Morgan fingerprint density at radius 3 is 2.79 bits per heavy atom. The van der Waals surface area contributed by atoms with Gasteiger partial charge in [-0.2, -0.15) is 18.4 Å². The predicted molar refractivity (Wildman–Crippen MR) is 80.4 cm³/mol. The van der Waals surface area contributed by atoms with Gasteiger partial charge in [0.05, 0.1) is 22.7 Å². The van der Waals surface area contributed by atoms with E-state index in [2.05, 4.69) is 5.32 Å². The first-order valence-electron chi connectivity index (χ1n) is 7.35. The fraction of sp³-hybridized carbons (Fsp3) is 0.533. The second-order valence-electron chi connectivity index (χ2n) is 5.89. The summed E-state index contributed by atoms with van der Waals surface area (Å²) >= 11 is 6.08. The van der Waals surface area contributed by atoms with E-state index >= 15 is 0 Å². The quantitative estimate of drug-likeness (QED) is 0.847. The lowest BCUT2D eigenvalue weighted by molar-refractivity contribution is -0.220. The van der Waals surface area contributed by atoms with E-state index in [0.29, 0.717) is 17.8 Å². The second-order valence-corrected chi connectivity index (χ2v) is 6.27. The van der Waals surface area contributed by atoms with E-state index in [9.17, 15) is 18.3 Å². The Kier molecular flexibility index (Phi) is 4.38. The number of hydrogen-bond donors (Lipinski definition) is 2. The summed E-state index contributed by atoms with van der Waals surface area (Å²) in [6.07, 6.45) is -8.48. The smallest absolute Gasteiger partial charge is 0.391 e. The summed E-state index contributed by atoms with van der Waals surface area (Å²) in [5, 5.41) is 22.0. The molecule has 5 nitrogen and oxygen atoms in total. The molecule has 2 N–H and O–H groups in total. The van der Waals surface area contributed by atoms with Crippen molar-refractivity contribution in [1.82, 2.24) is 4.90 Å². The minimum atomic E-state index is -4.57. The number of fused-ring (bicyclic) bond motifs is 1. The van der Waals surface area contributed by atoms with Gasteiger partial charge in [-0.05, 0) is 31.0 Å². The third-order valence-corrected chi connectivity index (χ3v) is 4.94. The zero-order valence-electron chi connectivity index (χ0n) is 12.6. The number of hydrogen-bond acceptors (Lipinski definition) is 5. The monoisotopic (exact) mass is 361 g/mol. The van der Waals surface area contributed by atoms with Crippen molar-refractivity contribution in [2.75, 3.05) is 11.9 Å². The van der Waals surface area contributed by atoms with Gasteiger partial charge in [-0.1, -0.05) is 11.6 Å². The Morgan fingerprint density at radius 1 is 1.46 bits per heavy atom. The van der Waals surface area contributed by atoms with Crippen molar-refractivity contribution in [2.45, 2.75) is 44.1 Å². The van der Waals surface area contributed by atoms with Gasteiger partial charge in [0.15, 0.2) is 12.5 Å². The summed E-state index contributed by atoms with van der Waals surface area (Å²) in [6.45, 7) is 1.96. The van der Waals surface area contributed by atoms with Crippen LogP contribution < -0.4 is 5.32 Å². The molecule has 0 aliphatic carbocycles. The molecule has 2 heterocycles. The molecule has 0 saturated carbocycles. The number of nitrogens with one attached hydrogen (secondary N) is 1. The molecule has 24 heavy (non-hydrogen) atoms. The van der Waals surface area contributed by atoms with E-state index in [1.54, 1.807) is 13.0 Å². The van der Waals surface area contributed by atoms with Crippen molar-refractivity contribution in [1.29, 1.82) is 5.26 Å². The van der Waals surface area contributed by atoms with Crippen LogP contribution in [0.5, 0.6) is 0 Å².